The molecule has 1 saturated carbocycles. The van der Waals surface area contributed by atoms with Crippen LogP contribution in [0.4, 0.5) is 0 Å². The lowest BCUT2D eigenvalue weighted by atomic mass is 9.74. The van der Waals surface area contributed by atoms with Crippen molar-refractivity contribution in [3.8, 4) is 0 Å². The summed E-state index contributed by atoms with van der Waals surface area (Å²) in [7, 11) is 0. The standard InChI is InChI=1S/C16H29N3O3/c1-3-13(15(21)19-8-10-22-11-9-19)18-14(20)12-6-4-5-7-16(12,2)17/h12-13H,3-11,17H2,1-2H3,(H,18,20). The number of nitrogens with zero attached hydrogens (tertiary/aromatic N) is 1. The van der Waals surface area contributed by atoms with Crippen molar-refractivity contribution in [2.75, 3.05) is 26.3 Å². The van der Waals surface area contributed by atoms with Gasteiger partial charge in [0.05, 0.1) is 19.1 Å². The van der Waals surface area contributed by atoms with E-state index >= 15 is 0 Å². The van der Waals surface area contributed by atoms with Crippen LogP contribution in [0.25, 0.3) is 0 Å². The van der Waals surface area contributed by atoms with Crippen LogP contribution in [-0.4, -0.2) is 54.6 Å². The maximum atomic E-state index is 12.6. The Bertz CT molecular complexity index is 405. The molecule has 3 N–H and O–H groups in total. The monoisotopic (exact) mass is 311 g/mol. The summed E-state index contributed by atoms with van der Waals surface area (Å²) in [4.78, 5) is 26.9. The Kier molecular flexibility index (Phi) is 5.81. The SMILES string of the molecule is CCC(NC(=O)C1CCCCC1(C)N)C(=O)N1CCOCC1. The average Bonchev–Trinajstić information content (AvgIpc) is 2.52. The summed E-state index contributed by atoms with van der Waals surface area (Å²) in [5, 5.41) is 2.94. The summed E-state index contributed by atoms with van der Waals surface area (Å²) in [5.41, 5.74) is 5.82. The molecule has 2 rings (SSSR count). The van der Waals surface area contributed by atoms with Crippen LogP contribution in [0.1, 0.15) is 46.0 Å². The van der Waals surface area contributed by atoms with Gasteiger partial charge in [-0.2, -0.15) is 0 Å². The molecule has 0 spiro atoms. The predicted molar refractivity (Wildman–Crippen MR) is 84.2 cm³/mol. The van der Waals surface area contributed by atoms with Gasteiger partial charge in [-0.15, -0.1) is 0 Å². The van der Waals surface area contributed by atoms with Gasteiger partial charge in [0.25, 0.3) is 0 Å². The fraction of sp³-hybridized carbons (Fsp3) is 0.875. The molecular weight excluding hydrogens is 282 g/mol. The van der Waals surface area contributed by atoms with E-state index in [9.17, 15) is 9.59 Å². The third kappa shape index (κ3) is 3.98. The third-order valence-corrected chi connectivity index (χ3v) is 4.92. The number of hydrogen-bond donors (Lipinski definition) is 2. The summed E-state index contributed by atoms with van der Waals surface area (Å²) in [5.74, 6) is -0.278. The maximum absolute atomic E-state index is 12.6. The Morgan fingerprint density at radius 2 is 2.05 bits per heavy atom. The van der Waals surface area contributed by atoms with E-state index in [1.807, 2.05) is 13.8 Å². The van der Waals surface area contributed by atoms with Crippen molar-refractivity contribution in [1.29, 1.82) is 0 Å². The lowest BCUT2D eigenvalue weighted by molar-refractivity contribution is -0.141. The molecule has 22 heavy (non-hydrogen) atoms. The first-order valence-corrected chi connectivity index (χ1v) is 8.41. The number of morpholine rings is 1. The van der Waals surface area contributed by atoms with Crippen molar-refractivity contribution in [3.05, 3.63) is 0 Å². The van der Waals surface area contributed by atoms with Gasteiger partial charge in [0.15, 0.2) is 0 Å². The zero-order chi connectivity index (χ0) is 16.2. The molecule has 1 aliphatic carbocycles. The number of hydrogen-bond acceptors (Lipinski definition) is 4. The van der Waals surface area contributed by atoms with Gasteiger partial charge in [0.2, 0.25) is 11.8 Å². The fourth-order valence-electron chi connectivity index (χ4n) is 3.40. The van der Waals surface area contributed by atoms with Gasteiger partial charge in [0, 0.05) is 18.6 Å². The number of nitrogens with two attached hydrogens (primary N) is 1. The minimum absolute atomic E-state index is 0.00585. The zero-order valence-corrected chi connectivity index (χ0v) is 13.8. The number of carbonyl (C=O) groups excluding carboxylic acids is 2. The second-order valence-corrected chi connectivity index (χ2v) is 6.71. The van der Waals surface area contributed by atoms with Crippen LogP contribution in [0.5, 0.6) is 0 Å². The van der Waals surface area contributed by atoms with Crippen LogP contribution < -0.4 is 11.1 Å². The van der Waals surface area contributed by atoms with E-state index in [0.29, 0.717) is 32.7 Å². The first kappa shape index (κ1) is 17.2. The van der Waals surface area contributed by atoms with E-state index in [4.69, 9.17) is 10.5 Å². The van der Waals surface area contributed by atoms with Gasteiger partial charge >= 0.3 is 0 Å². The number of rotatable bonds is 4. The van der Waals surface area contributed by atoms with Gasteiger partial charge in [0.1, 0.15) is 6.04 Å². The molecule has 0 aromatic heterocycles. The van der Waals surface area contributed by atoms with Crippen molar-refractivity contribution < 1.29 is 14.3 Å². The highest BCUT2D eigenvalue weighted by molar-refractivity contribution is 5.89. The highest BCUT2D eigenvalue weighted by Crippen LogP contribution is 2.31. The topological polar surface area (TPSA) is 84.7 Å². The van der Waals surface area contributed by atoms with E-state index in [0.717, 1.165) is 25.7 Å². The summed E-state index contributed by atoms with van der Waals surface area (Å²) in [6.45, 7) is 6.21. The van der Waals surface area contributed by atoms with Crippen LogP contribution >= 0.6 is 0 Å². The molecule has 6 nitrogen and oxygen atoms in total. The molecule has 2 amide bonds. The summed E-state index contributed by atoms with van der Waals surface area (Å²) in [6, 6.07) is -0.455. The third-order valence-electron chi connectivity index (χ3n) is 4.92. The molecule has 0 aromatic rings. The van der Waals surface area contributed by atoms with Gasteiger partial charge in [-0.1, -0.05) is 19.8 Å². The van der Waals surface area contributed by atoms with Gasteiger partial charge in [-0.05, 0) is 26.2 Å². The summed E-state index contributed by atoms with van der Waals surface area (Å²) >= 11 is 0. The Balaban J connectivity index is 1.96. The first-order valence-electron chi connectivity index (χ1n) is 8.41. The largest absolute Gasteiger partial charge is 0.378 e. The van der Waals surface area contributed by atoms with Crippen LogP contribution in [0.15, 0.2) is 0 Å². The second-order valence-electron chi connectivity index (χ2n) is 6.71. The molecule has 3 atom stereocenters. The van der Waals surface area contributed by atoms with Crippen molar-refractivity contribution in [2.45, 2.75) is 57.5 Å². The van der Waals surface area contributed by atoms with E-state index in [1.165, 1.54) is 0 Å². The van der Waals surface area contributed by atoms with E-state index < -0.39 is 11.6 Å². The normalized spacial score (nSPS) is 30.7. The fourth-order valence-corrected chi connectivity index (χ4v) is 3.40. The minimum Gasteiger partial charge on any atom is -0.378 e. The van der Waals surface area contributed by atoms with Gasteiger partial charge < -0.3 is 20.7 Å². The Labute approximate surface area is 132 Å². The van der Waals surface area contributed by atoms with Gasteiger partial charge in [-0.25, -0.2) is 0 Å². The Hall–Kier alpha value is -1.14. The average molecular weight is 311 g/mol. The molecule has 2 fully saturated rings. The van der Waals surface area contributed by atoms with E-state index in [1.54, 1.807) is 4.90 Å². The number of ether oxygens (including phenoxy) is 1. The van der Waals surface area contributed by atoms with E-state index in [2.05, 4.69) is 5.32 Å². The maximum Gasteiger partial charge on any atom is 0.245 e. The van der Waals surface area contributed by atoms with Crippen LogP contribution in [0, 0.1) is 5.92 Å². The van der Waals surface area contributed by atoms with Crippen LogP contribution in [0.3, 0.4) is 0 Å². The van der Waals surface area contributed by atoms with E-state index in [-0.39, 0.29) is 17.7 Å². The number of carbonyl (C=O) groups is 2. The van der Waals surface area contributed by atoms with Crippen molar-refractivity contribution >= 4 is 11.8 Å². The molecule has 0 radical (unpaired) electrons. The minimum atomic E-state index is -0.470. The summed E-state index contributed by atoms with van der Waals surface area (Å²) in [6.07, 6.45) is 4.36. The Morgan fingerprint density at radius 3 is 2.64 bits per heavy atom. The van der Waals surface area contributed by atoms with Gasteiger partial charge in [-0.3, -0.25) is 9.59 Å². The second kappa shape index (κ2) is 7.42. The molecule has 3 unspecified atom stereocenters. The molecule has 1 saturated heterocycles. The van der Waals surface area contributed by atoms with Crippen molar-refractivity contribution in [2.24, 2.45) is 11.7 Å². The Morgan fingerprint density at radius 1 is 1.36 bits per heavy atom. The molecule has 1 aliphatic heterocycles. The molecular formula is C16H29N3O3. The van der Waals surface area contributed by atoms with Crippen LogP contribution in [0.2, 0.25) is 0 Å². The highest BCUT2D eigenvalue weighted by atomic mass is 16.5. The summed E-state index contributed by atoms with van der Waals surface area (Å²) < 4.78 is 5.27. The lowest BCUT2D eigenvalue weighted by Crippen LogP contribution is -2.57. The number of amides is 2. The first-order chi connectivity index (χ1) is 10.5. The lowest BCUT2D eigenvalue weighted by Gasteiger charge is -2.38. The zero-order valence-electron chi connectivity index (χ0n) is 13.8. The van der Waals surface area contributed by atoms with Crippen molar-refractivity contribution in [1.82, 2.24) is 10.2 Å². The molecule has 6 heteroatoms. The molecule has 126 valence electrons. The predicted octanol–water partition coefficient (Wildman–Crippen LogP) is 0.648. The van der Waals surface area contributed by atoms with Crippen LogP contribution in [-0.2, 0) is 14.3 Å². The smallest absolute Gasteiger partial charge is 0.245 e. The molecule has 0 bridgehead atoms. The molecule has 0 aromatic carbocycles. The van der Waals surface area contributed by atoms with Crippen molar-refractivity contribution in [3.63, 3.8) is 0 Å². The highest BCUT2D eigenvalue weighted by Gasteiger charge is 2.39. The molecule has 2 aliphatic rings. The quantitative estimate of drug-likeness (QED) is 0.798. The molecule has 1 heterocycles. The number of nitrogens with one attached hydrogen (secondary N) is 1.